The van der Waals surface area contributed by atoms with Crippen LogP contribution in [-0.4, -0.2) is 10.9 Å². The summed E-state index contributed by atoms with van der Waals surface area (Å²) in [4.78, 5) is 15.3. The predicted octanol–water partition coefficient (Wildman–Crippen LogP) is 3.36. The van der Waals surface area contributed by atoms with E-state index in [4.69, 9.17) is 17.3 Å². The first-order valence-electron chi connectivity index (χ1n) is 6.25. The fraction of sp³-hybridized carbons (Fsp3) is 0.133. The van der Waals surface area contributed by atoms with E-state index in [1.165, 1.54) is 0 Å². The van der Waals surface area contributed by atoms with Crippen molar-refractivity contribution in [3.63, 3.8) is 0 Å². The number of H-pyrrole nitrogens is 1. The number of hydrogen-bond donors (Lipinski definition) is 3. The Balaban J connectivity index is 2.15. The molecule has 0 saturated carbocycles. The van der Waals surface area contributed by atoms with Crippen LogP contribution in [0, 0.1) is 13.8 Å². The third kappa shape index (κ3) is 1.89. The Morgan fingerprint density at radius 1 is 1.30 bits per heavy atom. The molecular weight excluding hydrogens is 274 g/mol. The van der Waals surface area contributed by atoms with E-state index in [1.54, 1.807) is 18.2 Å². The van der Waals surface area contributed by atoms with Gasteiger partial charge in [0.05, 0.1) is 11.3 Å². The van der Waals surface area contributed by atoms with Crippen molar-refractivity contribution < 1.29 is 4.79 Å². The number of aromatic nitrogens is 1. The molecule has 1 aromatic carbocycles. The van der Waals surface area contributed by atoms with E-state index in [2.05, 4.69) is 10.3 Å². The summed E-state index contributed by atoms with van der Waals surface area (Å²) in [5.41, 5.74) is 11.5. The van der Waals surface area contributed by atoms with E-state index < -0.39 is 0 Å². The summed E-state index contributed by atoms with van der Waals surface area (Å²) < 4.78 is 0. The third-order valence-electron chi connectivity index (χ3n) is 3.59. The summed E-state index contributed by atoms with van der Waals surface area (Å²) in [5, 5.41) is 3.43. The van der Waals surface area contributed by atoms with Gasteiger partial charge in [0.1, 0.15) is 0 Å². The summed E-state index contributed by atoms with van der Waals surface area (Å²) >= 11 is 6.01. The first-order valence-corrected chi connectivity index (χ1v) is 6.63. The van der Waals surface area contributed by atoms with Gasteiger partial charge in [-0.05, 0) is 43.7 Å². The number of rotatable bonds is 1. The van der Waals surface area contributed by atoms with Gasteiger partial charge in [0, 0.05) is 27.7 Å². The van der Waals surface area contributed by atoms with Crippen LogP contribution >= 0.6 is 11.6 Å². The lowest BCUT2D eigenvalue weighted by Crippen LogP contribution is -2.03. The van der Waals surface area contributed by atoms with Crippen molar-refractivity contribution in [1.82, 2.24) is 4.98 Å². The molecule has 0 bridgehead atoms. The Labute approximate surface area is 121 Å². The molecule has 1 aliphatic rings. The maximum Gasteiger partial charge on any atom is 0.256 e. The van der Waals surface area contributed by atoms with Crippen LogP contribution in [0.1, 0.15) is 22.5 Å². The number of benzene rings is 1. The van der Waals surface area contributed by atoms with Gasteiger partial charge in [-0.1, -0.05) is 11.6 Å². The minimum atomic E-state index is -0.132. The Kier molecular flexibility index (Phi) is 2.83. The first kappa shape index (κ1) is 12.8. The van der Waals surface area contributed by atoms with Gasteiger partial charge in [-0.25, -0.2) is 0 Å². The minimum Gasteiger partial charge on any atom is -0.397 e. The Morgan fingerprint density at radius 2 is 2.05 bits per heavy atom. The molecule has 1 aromatic heterocycles. The number of aryl methyl sites for hydroxylation is 1. The zero-order chi connectivity index (χ0) is 14.4. The molecule has 1 aliphatic heterocycles. The zero-order valence-electron chi connectivity index (χ0n) is 11.2. The summed E-state index contributed by atoms with van der Waals surface area (Å²) in [6.07, 6.45) is 1.82. The third-order valence-corrected chi connectivity index (χ3v) is 3.82. The summed E-state index contributed by atoms with van der Waals surface area (Å²) in [6.45, 7) is 3.83. The molecule has 102 valence electrons. The number of anilines is 2. The SMILES string of the molecule is Cc1[nH]c(/C=C2\C(=O)Nc3ccc(Cl)cc32)c(C)c1N. The summed E-state index contributed by atoms with van der Waals surface area (Å²) in [7, 11) is 0. The van der Waals surface area contributed by atoms with Gasteiger partial charge in [-0.15, -0.1) is 0 Å². The number of fused-ring (bicyclic) bond motifs is 1. The Morgan fingerprint density at radius 3 is 2.70 bits per heavy atom. The number of carbonyl (C=O) groups excluding carboxylic acids is 1. The van der Waals surface area contributed by atoms with E-state index in [-0.39, 0.29) is 5.91 Å². The number of aromatic amines is 1. The van der Waals surface area contributed by atoms with Crippen LogP contribution in [0.2, 0.25) is 5.02 Å². The van der Waals surface area contributed by atoms with Crippen molar-refractivity contribution in [3.05, 3.63) is 45.7 Å². The average Bonchev–Trinajstić information content (AvgIpc) is 2.83. The molecule has 20 heavy (non-hydrogen) atoms. The van der Waals surface area contributed by atoms with Gasteiger partial charge in [0.25, 0.3) is 5.91 Å². The summed E-state index contributed by atoms with van der Waals surface area (Å²) in [5.74, 6) is -0.132. The monoisotopic (exact) mass is 287 g/mol. The summed E-state index contributed by atoms with van der Waals surface area (Å²) in [6, 6.07) is 5.35. The van der Waals surface area contributed by atoms with Crippen LogP contribution in [0.5, 0.6) is 0 Å². The van der Waals surface area contributed by atoms with Crippen LogP contribution in [0.3, 0.4) is 0 Å². The fourth-order valence-electron chi connectivity index (χ4n) is 2.38. The second kappa shape index (κ2) is 4.42. The topological polar surface area (TPSA) is 70.9 Å². The fourth-order valence-corrected chi connectivity index (χ4v) is 2.55. The quantitative estimate of drug-likeness (QED) is 0.704. The van der Waals surface area contributed by atoms with E-state index >= 15 is 0 Å². The van der Waals surface area contributed by atoms with Gasteiger partial charge in [-0.2, -0.15) is 0 Å². The van der Waals surface area contributed by atoms with E-state index in [1.807, 2.05) is 19.9 Å². The molecule has 4 nitrogen and oxygen atoms in total. The maximum atomic E-state index is 12.1. The van der Waals surface area contributed by atoms with Crippen molar-refractivity contribution >= 4 is 40.5 Å². The molecule has 4 N–H and O–H groups in total. The molecule has 0 atom stereocenters. The maximum absolute atomic E-state index is 12.1. The highest BCUT2D eigenvalue weighted by atomic mass is 35.5. The highest BCUT2D eigenvalue weighted by Gasteiger charge is 2.24. The molecule has 0 unspecified atom stereocenters. The molecule has 5 heteroatoms. The van der Waals surface area contributed by atoms with Crippen LogP contribution in [0.4, 0.5) is 11.4 Å². The van der Waals surface area contributed by atoms with E-state index in [0.717, 1.165) is 33.9 Å². The number of amides is 1. The largest absolute Gasteiger partial charge is 0.397 e. The van der Waals surface area contributed by atoms with Crippen LogP contribution in [0.15, 0.2) is 18.2 Å². The number of nitrogen functional groups attached to an aromatic ring is 1. The lowest BCUT2D eigenvalue weighted by atomic mass is 10.1. The average molecular weight is 288 g/mol. The molecule has 1 amide bonds. The lowest BCUT2D eigenvalue weighted by molar-refractivity contribution is -0.110. The molecule has 0 saturated heterocycles. The molecule has 2 heterocycles. The minimum absolute atomic E-state index is 0.132. The predicted molar refractivity (Wildman–Crippen MR) is 82.6 cm³/mol. The van der Waals surface area contributed by atoms with E-state index in [9.17, 15) is 4.79 Å². The number of hydrogen-bond acceptors (Lipinski definition) is 2. The zero-order valence-corrected chi connectivity index (χ0v) is 11.9. The molecular formula is C15H14ClN3O. The van der Waals surface area contributed by atoms with Crippen LogP contribution < -0.4 is 11.1 Å². The van der Waals surface area contributed by atoms with Gasteiger partial charge in [0.2, 0.25) is 0 Å². The number of nitrogens with two attached hydrogens (primary N) is 1. The van der Waals surface area contributed by atoms with Crippen LogP contribution in [-0.2, 0) is 4.79 Å². The van der Waals surface area contributed by atoms with Crippen molar-refractivity contribution in [2.75, 3.05) is 11.1 Å². The highest BCUT2D eigenvalue weighted by molar-refractivity contribution is 6.36. The van der Waals surface area contributed by atoms with Gasteiger partial charge >= 0.3 is 0 Å². The van der Waals surface area contributed by atoms with Crippen LogP contribution in [0.25, 0.3) is 11.6 Å². The standard InChI is InChI=1S/C15H14ClN3O/c1-7-13(18-8(2)14(7)17)6-11-10-5-9(16)3-4-12(10)19-15(11)20/h3-6,18H,17H2,1-2H3,(H,19,20)/b11-6-. The lowest BCUT2D eigenvalue weighted by Gasteiger charge is -1.99. The normalized spacial score (nSPS) is 15.6. The van der Waals surface area contributed by atoms with Gasteiger partial charge < -0.3 is 16.0 Å². The Bertz CT molecular complexity index is 759. The van der Waals surface area contributed by atoms with E-state index in [0.29, 0.717) is 10.6 Å². The number of halogens is 1. The number of carbonyl (C=O) groups is 1. The molecule has 2 aromatic rings. The molecule has 0 spiro atoms. The molecule has 0 radical (unpaired) electrons. The molecule has 0 fully saturated rings. The van der Waals surface area contributed by atoms with Gasteiger partial charge in [-0.3, -0.25) is 4.79 Å². The van der Waals surface area contributed by atoms with Crippen molar-refractivity contribution in [2.24, 2.45) is 0 Å². The van der Waals surface area contributed by atoms with Crippen molar-refractivity contribution in [3.8, 4) is 0 Å². The van der Waals surface area contributed by atoms with Gasteiger partial charge in [0.15, 0.2) is 0 Å². The number of nitrogens with one attached hydrogen (secondary N) is 2. The smallest absolute Gasteiger partial charge is 0.256 e. The van der Waals surface area contributed by atoms with Crippen molar-refractivity contribution in [2.45, 2.75) is 13.8 Å². The second-order valence-corrected chi connectivity index (χ2v) is 5.34. The van der Waals surface area contributed by atoms with Crippen molar-refractivity contribution in [1.29, 1.82) is 0 Å². The highest BCUT2D eigenvalue weighted by Crippen LogP contribution is 2.35. The Hall–Kier alpha value is -2.20. The first-order chi connectivity index (χ1) is 9.47. The molecule has 0 aliphatic carbocycles. The molecule has 3 rings (SSSR count). The second-order valence-electron chi connectivity index (χ2n) is 4.90.